The van der Waals surface area contributed by atoms with Gasteiger partial charge in [-0.1, -0.05) is 47.5 Å². The first-order valence-electron chi connectivity index (χ1n) is 10.8. The molecule has 5 aromatic rings. The van der Waals surface area contributed by atoms with Crippen LogP contribution in [0.1, 0.15) is 11.3 Å². The van der Waals surface area contributed by atoms with Gasteiger partial charge in [-0.05, 0) is 47.5 Å². The van der Waals surface area contributed by atoms with Gasteiger partial charge >= 0.3 is 11.9 Å². The number of ether oxygens (including phenoxy) is 1. The Morgan fingerprint density at radius 2 is 1.46 bits per heavy atom. The van der Waals surface area contributed by atoms with Gasteiger partial charge in [-0.15, -0.1) is 10.2 Å². The average Bonchev–Trinajstić information content (AvgIpc) is 3.16. The van der Waals surface area contributed by atoms with Gasteiger partial charge in [0.25, 0.3) is 0 Å². The summed E-state index contributed by atoms with van der Waals surface area (Å²) in [5.74, 6) is 0.0524. The lowest BCUT2D eigenvalue weighted by molar-refractivity contribution is -0.137. The average molecular weight is 546 g/mol. The standard InChI is InChI=1S/C25H16Cl2F3N5O2/c1-34-24(36)35-22(32-34)20(14-2-7-17(26)8-3-14)21(15-4-9-18(27)10-5-15)23(33-35)37-13-19-11-6-16(12-31-19)25(28,29)30/h2-12H,13H2,1H3. The molecule has 0 N–H and O–H groups in total. The first-order valence-corrected chi connectivity index (χ1v) is 11.5. The molecule has 0 atom stereocenters. The number of aromatic nitrogens is 5. The van der Waals surface area contributed by atoms with E-state index in [9.17, 15) is 18.0 Å². The molecule has 3 heterocycles. The minimum atomic E-state index is -4.50. The summed E-state index contributed by atoms with van der Waals surface area (Å²) in [5.41, 5.74) is 1.53. The summed E-state index contributed by atoms with van der Waals surface area (Å²) >= 11 is 12.2. The van der Waals surface area contributed by atoms with Gasteiger partial charge in [-0.2, -0.15) is 17.7 Å². The Kier molecular flexibility index (Phi) is 6.38. The van der Waals surface area contributed by atoms with Crippen LogP contribution in [-0.4, -0.2) is 24.4 Å². The van der Waals surface area contributed by atoms with Crippen molar-refractivity contribution in [2.24, 2.45) is 7.05 Å². The van der Waals surface area contributed by atoms with Crippen molar-refractivity contribution in [3.63, 3.8) is 0 Å². The van der Waals surface area contributed by atoms with Gasteiger partial charge in [0, 0.05) is 28.9 Å². The molecule has 0 amide bonds. The summed E-state index contributed by atoms with van der Waals surface area (Å²) in [6, 6.07) is 16.0. The van der Waals surface area contributed by atoms with Crippen molar-refractivity contribution in [2.45, 2.75) is 12.8 Å². The predicted octanol–water partition coefficient (Wildman–Crippen LogP) is 6.06. The van der Waals surface area contributed by atoms with E-state index in [0.717, 1.165) is 21.5 Å². The van der Waals surface area contributed by atoms with Crippen LogP contribution in [0.5, 0.6) is 5.88 Å². The minimum Gasteiger partial charge on any atom is -0.470 e. The molecule has 2 aromatic carbocycles. The summed E-state index contributed by atoms with van der Waals surface area (Å²) in [5, 5.41) is 9.81. The summed E-state index contributed by atoms with van der Waals surface area (Å²) in [4.78, 5) is 16.7. The number of halogens is 5. The minimum absolute atomic E-state index is 0.0524. The van der Waals surface area contributed by atoms with Crippen molar-refractivity contribution < 1.29 is 17.9 Å². The maximum atomic E-state index is 12.9. The highest BCUT2D eigenvalue weighted by Gasteiger charge is 2.30. The number of fused-ring (bicyclic) bond motifs is 1. The Hall–Kier alpha value is -3.89. The Morgan fingerprint density at radius 1 is 0.865 bits per heavy atom. The Labute approximate surface area is 217 Å². The van der Waals surface area contributed by atoms with Crippen LogP contribution in [0.25, 0.3) is 27.9 Å². The molecule has 7 nitrogen and oxygen atoms in total. The van der Waals surface area contributed by atoms with Crippen molar-refractivity contribution in [1.29, 1.82) is 0 Å². The van der Waals surface area contributed by atoms with Gasteiger partial charge < -0.3 is 4.74 Å². The van der Waals surface area contributed by atoms with Gasteiger partial charge in [0.2, 0.25) is 5.88 Å². The molecular formula is C25H16Cl2F3N5O2. The van der Waals surface area contributed by atoms with Crippen molar-refractivity contribution in [3.05, 3.63) is 98.6 Å². The number of aryl methyl sites for hydroxylation is 1. The van der Waals surface area contributed by atoms with Gasteiger partial charge in [0.05, 0.1) is 16.8 Å². The first-order chi connectivity index (χ1) is 17.6. The maximum absolute atomic E-state index is 12.9. The molecule has 3 aromatic heterocycles. The zero-order valence-electron chi connectivity index (χ0n) is 19.0. The number of nitrogens with zero attached hydrogens (tertiary/aromatic N) is 5. The van der Waals surface area contributed by atoms with E-state index in [1.165, 1.54) is 13.1 Å². The molecule has 5 rings (SSSR count). The molecule has 37 heavy (non-hydrogen) atoms. The van der Waals surface area contributed by atoms with E-state index >= 15 is 0 Å². The van der Waals surface area contributed by atoms with Crippen LogP contribution in [0.3, 0.4) is 0 Å². The third-order valence-electron chi connectivity index (χ3n) is 5.56. The SMILES string of the molecule is Cn1nc2c(-c3ccc(Cl)cc3)c(-c3ccc(Cl)cc3)c(OCc3ccc(C(F)(F)F)cn3)nn2c1=O. The summed E-state index contributed by atoms with van der Waals surface area (Å²) < 4.78 is 47.0. The summed E-state index contributed by atoms with van der Waals surface area (Å²) in [6.07, 6.45) is -3.77. The molecule has 0 saturated carbocycles. The number of rotatable bonds is 5. The molecule has 0 bridgehead atoms. The monoisotopic (exact) mass is 545 g/mol. The highest BCUT2D eigenvalue weighted by atomic mass is 35.5. The Bertz CT molecular complexity index is 1650. The number of hydrogen-bond donors (Lipinski definition) is 0. The van der Waals surface area contributed by atoms with Crippen LogP contribution in [0.15, 0.2) is 71.7 Å². The lowest BCUT2D eigenvalue weighted by atomic mass is 9.96. The smallest absolute Gasteiger partial charge is 0.417 e. The Balaban J connectivity index is 1.70. The lowest BCUT2D eigenvalue weighted by Gasteiger charge is -2.16. The third kappa shape index (κ3) is 4.90. The molecule has 0 aliphatic heterocycles. The van der Waals surface area contributed by atoms with Gasteiger partial charge in [0.1, 0.15) is 6.61 Å². The topological polar surface area (TPSA) is 74.3 Å². The molecule has 0 fully saturated rings. The van der Waals surface area contributed by atoms with Crippen molar-refractivity contribution >= 4 is 28.8 Å². The van der Waals surface area contributed by atoms with Crippen molar-refractivity contribution in [3.8, 4) is 28.1 Å². The highest BCUT2D eigenvalue weighted by molar-refractivity contribution is 6.31. The van der Waals surface area contributed by atoms with Crippen molar-refractivity contribution in [2.75, 3.05) is 0 Å². The van der Waals surface area contributed by atoms with E-state index in [-0.39, 0.29) is 23.8 Å². The second kappa shape index (κ2) is 9.53. The number of hydrogen-bond acceptors (Lipinski definition) is 5. The summed E-state index contributed by atoms with van der Waals surface area (Å²) in [6.45, 7) is -0.202. The fourth-order valence-electron chi connectivity index (χ4n) is 3.76. The van der Waals surface area contributed by atoms with Crippen LogP contribution < -0.4 is 10.4 Å². The number of pyridine rings is 1. The molecule has 0 aliphatic rings. The zero-order valence-corrected chi connectivity index (χ0v) is 20.5. The van der Waals surface area contributed by atoms with Crippen molar-refractivity contribution in [1.82, 2.24) is 24.4 Å². The van der Waals surface area contributed by atoms with E-state index < -0.39 is 17.4 Å². The number of alkyl halides is 3. The van der Waals surface area contributed by atoms with E-state index in [0.29, 0.717) is 32.3 Å². The molecule has 0 unspecified atom stereocenters. The van der Waals surface area contributed by atoms with E-state index in [1.54, 1.807) is 48.5 Å². The molecule has 0 spiro atoms. The van der Waals surface area contributed by atoms with Crippen LogP contribution in [0.4, 0.5) is 13.2 Å². The van der Waals surface area contributed by atoms with Crippen LogP contribution in [0.2, 0.25) is 10.0 Å². The van der Waals surface area contributed by atoms with Gasteiger partial charge in [0.15, 0.2) is 5.65 Å². The van der Waals surface area contributed by atoms with Crippen LogP contribution in [0, 0.1) is 0 Å². The van der Waals surface area contributed by atoms with E-state index in [1.807, 2.05) is 0 Å². The zero-order chi connectivity index (χ0) is 26.3. The fourth-order valence-corrected chi connectivity index (χ4v) is 4.01. The third-order valence-corrected chi connectivity index (χ3v) is 6.06. The largest absolute Gasteiger partial charge is 0.470 e. The molecule has 12 heteroatoms. The predicted molar refractivity (Wildman–Crippen MR) is 133 cm³/mol. The lowest BCUT2D eigenvalue weighted by Crippen LogP contribution is -2.20. The molecule has 0 radical (unpaired) electrons. The normalized spacial score (nSPS) is 11.7. The second-order valence-electron chi connectivity index (χ2n) is 8.04. The van der Waals surface area contributed by atoms with Crippen LogP contribution >= 0.6 is 23.2 Å². The van der Waals surface area contributed by atoms with Crippen LogP contribution in [-0.2, 0) is 19.8 Å². The number of benzene rings is 2. The Morgan fingerprint density at radius 3 is 2.00 bits per heavy atom. The van der Waals surface area contributed by atoms with E-state index in [2.05, 4.69) is 15.2 Å². The quantitative estimate of drug-likeness (QED) is 0.268. The van der Waals surface area contributed by atoms with E-state index in [4.69, 9.17) is 27.9 Å². The molecule has 188 valence electrons. The first kappa shape index (κ1) is 24.8. The molecular weight excluding hydrogens is 530 g/mol. The van der Waals surface area contributed by atoms with Gasteiger partial charge in [-0.3, -0.25) is 4.98 Å². The molecule has 0 saturated heterocycles. The van der Waals surface area contributed by atoms with Gasteiger partial charge in [-0.25, -0.2) is 9.48 Å². The second-order valence-corrected chi connectivity index (χ2v) is 8.91. The highest BCUT2D eigenvalue weighted by Crippen LogP contribution is 2.41. The summed E-state index contributed by atoms with van der Waals surface area (Å²) in [7, 11) is 1.50. The molecule has 0 aliphatic carbocycles. The maximum Gasteiger partial charge on any atom is 0.417 e. The fraction of sp³-hybridized carbons (Fsp3) is 0.120.